The van der Waals surface area contributed by atoms with Crippen LogP contribution in [0.15, 0.2) is 30.6 Å². The normalized spacial score (nSPS) is 17.7. The first kappa shape index (κ1) is 12.2. The average Bonchev–Trinajstić information content (AvgIpc) is 2.83. The quantitative estimate of drug-likeness (QED) is 0.891. The van der Waals surface area contributed by atoms with Gasteiger partial charge >= 0.3 is 0 Å². The van der Waals surface area contributed by atoms with Crippen LogP contribution in [0.1, 0.15) is 18.9 Å². The van der Waals surface area contributed by atoms with Gasteiger partial charge in [0.1, 0.15) is 5.82 Å². The van der Waals surface area contributed by atoms with Crippen molar-refractivity contribution < 1.29 is 0 Å². The van der Waals surface area contributed by atoms with Crippen LogP contribution in [0.25, 0.3) is 11.3 Å². The third-order valence-electron chi connectivity index (χ3n) is 3.77. The highest BCUT2D eigenvalue weighted by atomic mass is 15.3. The molecule has 1 aliphatic heterocycles. The molecule has 1 aliphatic rings. The van der Waals surface area contributed by atoms with E-state index in [-0.39, 0.29) is 0 Å². The first-order chi connectivity index (χ1) is 9.24. The Labute approximate surface area is 113 Å². The van der Waals surface area contributed by atoms with Gasteiger partial charge in [0.2, 0.25) is 0 Å². The number of nitrogens with two attached hydrogens (primary N) is 1. The molecule has 5 nitrogen and oxygen atoms in total. The molecule has 0 saturated carbocycles. The molecule has 3 heterocycles. The molecule has 0 spiro atoms. The number of nitrogen functional groups attached to an aromatic ring is 1. The lowest BCUT2D eigenvalue weighted by Crippen LogP contribution is -2.32. The Kier molecular flexibility index (Phi) is 3.21. The number of anilines is 1. The van der Waals surface area contributed by atoms with E-state index in [9.17, 15) is 0 Å². The van der Waals surface area contributed by atoms with Crippen molar-refractivity contribution >= 4 is 5.82 Å². The number of likely N-dealkylation sites (tertiary alicyclic amines) is 1. The minimum absolute atomic E-state index is 0.423. The van der Waals surface area contributed by atoms with E-state index in [2.05, 4.69) is 22.0 Å². The summed E-state index contributed by atoms with van der Waals surface area (Å²) in [6.45, 7) is 2.21. The lowest BCUT2D eigenvalue weighted by molar-refractivity contribution is 0.214. The third-order valence-corrected chi connectivity index (χ3v) is 3.77. The highest BCUT2D eigenvalue weighted by Gasteiger charge is 2.21. The first-order valence-corrected chi connectivity index (χ1v) is 6.68. The van der Waals surface area contributed by atoms with E-state index in [1.165, 1.54) is 0 Å². The Morgan fingerprint density at radius 1 is 1.21 bits per heavy atom. The fourth-order valence-corrected chi connectivity index (χ4v) is 2.60. The molecule has 0 bridgehead atoms. The number of aromatic nitrogens is 3. The second-order valence-corrected chi connectivity index (χ2v) is 5.17. The number of piperidine rings is 1. The number of rotatable bonds is 2. The maximum atomic E-state index is 6.12. The van der Waals surface area contributed by atoms with Crippen molar-refractivity contribution in [3.8, 4) is 11.3 Å². The van der Waals surface area contributed by atoms with Crippen LogP contribution in [0.2, 0.25) is 0 Å². The van der Waals surface area contributed by atoms with Crippen LogP contribution in [0, 0.1) is 0 Å². The number of pyridine rings is 1. The van der Waals surface area contributed by atoms with Crippen molar-refractivity contribution in [2.75, 3.05) is 25.9 Å². The molecule has 1 saturated heterocycles. The van der Waals surface area contributed by atoms with Crippen molar-refractivity contribution in [1.29, 1.82) is 0 Å². The van der Waals surface area contributed by atoms with Gasteiger partial charge in [-0.1, -0.05) is 0 Å². The van der Waals surface area contributed by atoms with Crippen molar-refractivity contribution in [3.05, 3.63) is 30.6 Å². The molecule has 0 radical (unpaired) electrons. The smallest absolute Gasteiger partial charge is 0.122 e. The van der Waals surface area contributed by atoms with E-state index in [0.29, 0.717) is 6.04 Å². The van der Waals surface area contributed by atoms with E-state index in [0.717, 1.165) is 43.0 Å². The van der Waals surface area contributed by atoms with Crippen molar-refractivity contribution in [2.45, 2.75) is 18.9 Å². The standard InChI is InChI=1S/C14H19N5/c1-18-8-4-12(5-9-18)19-14(15)10-13(17-19)11-2-6-16-7-3-11/h2-3,6-7,10,12H,4-5,8-9,15H2,1H3. The van der Waals surface area contributed by atoms with Gasteiger partial charge in [-0.15, -0.1) is 0 Å². The summed E-state index contributed by atoms with van der Waals surface area (Å²) in [4.78, 5) is 6.37. The average molecular weight is 257 g/mol. The molecular formula is C14H19N5. The van der Waals surface area contributed by atoms with Crippen LogP contribution in [0.3, 0.4) is 0 Å². The monoisotopic (exact) mass is 257 g/mol. The van der Waals surface area contributed by atoms with Crippen LogP contribution >= 0.6 is 0 Å². The zero-order valence-electron chi connectivity index (χ0n) is 11.2. The minimum atomic E-state index is 0.423. The maximum absolute atomic E-state index is 6.12. The molecule has 1 fully saturated rings. The van der Waals surface area contributed by atoms with Crippen LogP contribution in [-0.4, -0.2) is 39.8 Å². The highest BCUT2D eigenvalue weighted by Crippen LogP contribution is 2.27. The highest BCUT2D eigenvalue weighted by molar-refractivity contribution is 5.61. The van der Waals surface area contributed by atoms with Crippen LogP contribution in [-0.2, 0) is 0 Å². The summed E-state index contributed by atoms with van der Waals surface area (Å²) in [5, 5.41) is 4.67. The van der Waals surface area contributed by atoms with Crippen molar-refractivity contribution in [1.82, 2.24) is 19.7 Å². The second-order valence-electron chi connectivity index (χ2n) is 5.17. The molecule has 19 heavy (non-hydrogen) atoms. The number of nitrogens with zero attached hydrogens (tertiary/aromatic N) is 4. The molecule has 0 atom stereocenters. The summed E-state index contributed by atoms with van der Waals surface area (Å²) in [5.41, 5.74) is 8.11. The molecule has 2 aromatic heterocycles. The van der Waals surface area contributed by atoms with Gasteiger partial charge in [-0.25, -0.2) is 4.68 Å². The molecule has 0 aliphatic carbocycles. The topological polar surface area (TPSA) is 60.0 Å². The van der Waals surface area contributed by atoms with E-state index in [1.54, 1.807) is 12.4 Å². The van der Waals surface area contributed by atoms with E-state index in [1.807, 2.05) is 22.9 Å². The van der Waals surface area contributed by atoms with Gasteiger partial charge in [0.15, 0.2) is 0 Å². The first-order valence-electron chi connectivity index (χ1n) is 6.68. The summed E-state index contributed by atoms with van der Waals surface area (Å²) in [5.74, 6) is 0.751. The van der Waals surface area contributed by atoms with Gasteiger partial charge in [-0.3, -0.25) is 4.98 Å². The fraction of sp³-hybridized carbons (Fsp3) is 0.429. The molecule has 0 amide bonds. The second kappa shape index (κ2) is 5.01. The Bertz CT molecular complexity index is 540. The Morgan fingerprint density at radius 3 is 2.58 bits per heavy atom. The zero-order chi connectivity index (χ0) is 13.2. The van der Waals surface area contributed by atoms with E-state index >= 15 is 0 Å². The summed E-state index contributed by atoms with van der Waals surface area (Å²) >= 11 is 0. The van der Waals surface area contributed by atoms with Gasteiger partial charge < -0.3 is 10.6 Å². The molecule has 5 heteroatoms. The maximum Gasteiger partial charge on any atom is 0.122 e. The van der Waals surface area contributed by atoms with Gasteiger partial charge in [0.25, 0.3) is 0 Å². The molecule has 100 valence electrons. The summed E-state index contributed by atoms with van der Waals surface area (Å²) in [6.07, 6.45) is 5.77. The minimum Gasteiger partial charge on any atom is -0.384 e. The molecule has 3 rings (SSSR count). The summed E-state index contributed by atoms with van der Waals surface area (Å²) in [6, 6.07) is 6.29. The summed E-state index contributed by atoms with van der Waals surface area (Å²) in [7, 11) is 2.16. The Hall–Kier alpha value is -1.88. The Morgan fingerprint density at radius 2 is 1.89 bits per heavy atom. The largest absolute Gasteiger partial charge is 0.384 e. The van der Waals surface area contributed by atoms with Crippen LogP contribution < -0.4 is 5.73 Å². The predicted molar refractivity (Wildman–Crippen MR) is 75.6 cm³/mol. The van der Waals surface area contributed by atoms with Gasteiger partial charge in [-0.2, -0.15) is 5.10 Å². The fourth-order valence-electron chi connectivity index (χ4n) is 2.60. The van der Waals surface area contributed by atoms with Crippen LogP contribution in [0.4, 0.5) is 5.82 Å². The number of hydrogen-bond acceptors (Lipinski definition) is 4. The molecule has 2 N–H and O–H groups in total. The van der Waals surface area contributed by atoms with Gasteiger partial charge in [0.05, 0.1) is 11.7 Å². The lowest BCUT2D eigenvalue weighted by atomic mass is 10.1. The van der Waals surface area contributed by atoms with E-state index in [4.69, 9.17) is 5.73 Å². The van der Waals surface area contributed by atoms with Gasteiger partial charge in [-0.05, 0) is 45.1 Å². The molecule has 2 aromatic rings. The van der Waals surface area contributed by atoms with E-state index < -0.39 is 0 Å². The predicted octanol–water partition coefficient (Wildman–Crippen LogP) is 1.79. The zero-order valence-corrected chi connectivity index (χ0v) is 11.2. The van der Waals surface area contributed by atoms with Crippen molar-refractivity contribution in [3.63, 3.8) is 0 Å². The van der Waals surface area contributed by atoms with Gasteiger partial charge in [0, 0.05) is 24.0 Å². The Balaban J connectivity index is 1.86. The molecule has 0 unspecified atom stereocenters. The lowest BCUT2D eigenvalue weighted by Gasteiger charge is -2.29. The van der Waals surface area contributed by atoms with Crippen molar-refractivity contribution in [2.24, 2.45) is 0 Å². The van der Waals surface area contributed by atoms with Crippen LogP contribution in [0.5, 0.6) is 0 Å². The molecule has 0 aromatic carbocycles. The summed E-state index contributed by atoms with van der Waals surface area (Å²) < 4.78 is 1.99. The molecular weight excluding hydrogens is 238 g/mol. The SMILES string of the molecule is CN1CCC(n2nc(-c3ccncc3)cc2N)CC1. The number of hydrogen-bond donors (Lipinski definition) is 1. The third kappa shape index (κ3) is 2.46.